The second-order valence-corrected chi connectivity index (χ2v) is 11.4. The molecule has 1 fully saturated rings. The van der Waals surface area contributed by atoms with Gasteiger partial charge >= 0.3 is 0 Å². The van der Waals surface area contributed by atoms with E-state index >= 15 is 0 Å². The van der Waals surface area contributed by atoms with Crippen molar-refractivity contribution in [3.05, 3.63) is 83.0 Å². The molecule has 0 saturated heterocycles. The number of para-hydroxylation sites is 2. The zero-order valence-corrected chi connectivity index (χ0v) is 23.1. The molecule has 0 amide bonds. The average molecular weight is 499 g/mol. The van der Waals surface area contributed by atoms with Crippen molar-refractivity contribution in [1.29, 1.82) is 0 Å². The van der Waals surface area contributed by atoms with Gasteiger partial charge in [0.15, 0.2) is 6.20 Å². The Labute approximate surface area is 221 Å². The summed E-state index contributed by atoms with van der Waals surface area (Å²) in [4.78, 5) is 6.31. The number of thioether (sulfide) groups is 1. The van der Waals surface area contributed by atoms with Crippen LogP contribution in [0.25, 0.3) is 17.0 Å². The summed E-state index contributed by atoms with van der Waals surface area (Å²) in [6, 6.07) is 19.8. The number of aromatic nitrogens is 1. The van der Waals surface area contributed by atoms with Crippen molar-refractivity contribution in [2.45, 2.75) is 44.4 Å². The molecule has 188 valence electrons. The second kappa shape index (κ2) is 11.2. The van der Waals surface area contributed by atoms with Gasteiger partial charge in [0.05, 0.1) is 16.1 Å². The quantitative estimate of drug-likeness (QED) is 0.317. The van der Waals surface area contributed by atoms with Gasteiger partial charge in [0.2, 0.25) is 5.52 Å². The highest BCUT2D eigenvalue weighted by molar-refractivity contribution is 8.03. The van der Waals surface area contributed by atoms with Crippen molar-refractivity contribution < 1.29 is 4.57 Å². The first-order valence-electron chi connectivity index (χ1n) is 13.6. The molecule has 2 heterocycles. The highest BCUT2D eigenvalue weighted by Gasteiger charge is 2.27. The van der Waals surface area contributed by atoms with Crippen LogP contribution in [0.3, 0.4) is 0 Å². The molecule has 0 bridgehead atoms. The number of rotatable bonds is 7. The van der Waals surface area contributed by atoms with Gasteiger partial charge in [-0.3, -0.25) is 0 Å². The summed E-state index contributed by atoms with van der Waals surface area (Å²) in [6.45, 7) is 8.17. The summed E-state index contributed by atoms with van der Waals surface area (Å²) in [5.74, 6) is 1.44. The molecular formula is C32H40N3S+. The molecule has 2 aromatic carbocycles. The standard InChI is InChI=1S/C32H40N3S/c1-5-35(6-2)23-24-15-17-25(18-16-24)27(22-32-34(4)30-13-9-10-14-31(30)36-32)21-26-19-20-33(3)29-12-8-7-11-28(26)29/h7-14,19-22,24-25H,5-6,15-18,23H2,1-4H3/q+1. The second-order valence-electron chi connectivity index (χ2n) is 10.4. The van der Waals surface area contributed by atoms with Gasteiger partial charge in [0.25, 0.3) is 0 Å². The van der Waals surface area contributed by atoms with Gasteiger partial charge in [0, 0.05) is 30.6 Å². The lowest BCUT2D eigenvalue weighted by atomic mass is 9.77. The van der Waals surface area contributed by atoms with E-state index < -0.39 is 0 Å². The zero-order valence-electron chi connectivity index (χ0n) is 22.3. The maximum atomic E-state index is 2.60. The SMILES string of the molecule is CCN(CC)CC1CCC(C(=C\c2cc[n+](C)c3ccccc23)/C=C2/Sc3ccccc3N2C)CC1. The van der Waals surface area contributed by atoms with Crippen LogP contribution in [0.1, 0.15) is 45.1 Å². The average Bonchev–Trinajstić information content (AvgIpc) is 3.24. The molecule has 1 aromatic heterocycles. The molecule has 1 aliphatic heterocycles. The first kappa shape index (κ1) is 25.1. The van der Waals surface area contributed by atoms with E-state index in [1.807, 2.05) is 11.8 Å². The number of fused-ring (bicyclic) bond motifs is 2. The molecule has 3 nitrogen and oxygen atoms in total. The van der Waals surface area contributed by atoms with Crippen LogP contribution >= 0.6 is 11.8 Å². The van der Waals surface area contributed by atoms with Crippen molar-refractivity contribution in [2.75, 3.05) is 31.6 Å². The predicted octanol–water partition coefficient (Wildman–Crippen LogP) is 7.28. The Bertz CT molecular complexity index is 1270. The van der Waals surface area contributed by atoms with Crippen molar-refractivity contribution in [3.63, 3.8) is 0 Å². The van der Waals surface area contributed by atoms with Crippen LogP contribution in [0.2, 0.25) is 0 Å². The normalized spacial score (nSPS) is 21.5. The number of allylic oxidation sites excluding steroid dienone is 2. The highest BCUT2D eigenvalue weighted by atomic mass is 32.2. The summed E-state index contributed by atoms with van der Waals surface area (Å²) in [6.07, 6.45) is 12.4. The van der Waals surface area contributed by atoms with E-state index in [4.69, 9.17) is 0 Å². The number of aryl methyl sites for hydroxylation is 1. The third-order valence-electron chi connectivity index (χ3n) is 8.19. The largest absolute Gasteiger partial charge is 0.338 e. The molecular weight excluding hydrogens is 458 g/mol. The molecule has 4 heteroatoms. The number of benzene rings is 2. The van der Waals surface area contributed by atoms with Gasteiger partial charge in [-0.2, -0.15) is 0 Å². The van der Waals surface area contributed by atoms with E-state index in [1.54, 1.807) is 0 Å². The first-order chi connectivity index (χ1) is 17.6. The molecule has 1 saturated carbocycles. The van der Waals surface area contributed by atoms with E-state index in [0.29, 0.717) is 5.92 Å². The molecule has 0 spiro atoms. The maximum Gasteiger partial charge on any atom is 0.212 e. The summed E-state index contributed by atoms with van der Waals surface area (Å²) in [5, 5.41) is 2.66. The monoisotopic (exact) mass is 498 g/mol. The fourth-order valence-corrected chi connectivity index (χ4v) is 7.00. The van der Waals surface area contributed by atoms with Gasteiger partial charge in [-0.05, 0) is 86.0 Å². The Hall–Kier alpha value is -2.56. The van der Waals surface area contributed by atoms with Crippen molar-refractivity contribution in [1.82, 2.24) is 4.90 Å². The summed E-state index contributed by atoms with van der Waals surface area (Å²) >= 11 is 1.90. The van der Waals surface area contributed by atoms with Gasteiger partial charge in [-0.15, -0.1) is 0 Å². The molecule has 0 unspecified atom stereocenters. The molecule has 36 heavy (non-hydrogen) atoms. The fourth-order valence-electron chi connectivity index (χ4n) is 5.88. The van der Waals surface area contributed by atoms with Crippen molar-refractivity contribution >= 4 is 34.4 Å². The number of anilines is 1. The van der Waals surface area contributed by atoms with E-state index in [-0.39, 0.29) is 0 Å². The Morgan fingerprint density at radius 2 is 1.72 bits per heavy atom. The summed E-state index contributed by atoms with van der Waals surface area (Å²) in [5.41, 5.74) is 5.40. The van der Waals surface area contributed by atoms with Crippen LogP contribution in [-0.2, 0) is 7.05 Å². The van der Waals surface area contributed by atoms with E-state index in [2.05, 4.69) is 115 Å². The van der Waals surface area contributed by atoms with Crippen LogP contribution in [0.5, 0.6) is 0 Å². The van der Waals surface area contributed by atoms with Gasteiger partial charge in [-0.1, -0.05) is 56.0 Å². The maximum absolute atomic E-state index is 2.60. The topological polar surface area (TPSA) is 10.4 Å². The summed E-state index contributed by atoms with van der Waals surface area (Å²) in [7, 11) is 4.35. The highest BCUT2D eigenvalue weighted by Crippen LogP contribution is 2.46. The fraction of sp³-hybridized carbons (Fsp3) is 0.406. The van der Waals surface area contributed by atoms with Crippen LogP contribution < -0.4 is 9.47 Å². The number of pyridine rings is 1. The zero-order chi connectivity index (χ0) is 25.1. The van der Waals surface area contributed by atoms with Crippen molar-refractivity contribution in [2.24, 2.45) is 18.9 Å². The van der Waals surface area contributed by atoms with Gasteiger partial charge in [-0.25, -0.2) is 4.57 Å². The lowest BCUT2D eigenvalue weighted by molar-refractivity contribution is -0.644. The number of hydrogen-bond acceptors (Lipinski definition) is 3. The van der Waals surface area contributed by atoms with Crippen LogP contribution in [0.4, 0.5) is 5.69 Å². The lowest BCUT2D eigenvalue weighted by Gasteiger charge is -2.33. The summed E-state index contributed by atoms with van der Waals surface area (Å²) < 4.78 is 2.22. The molecule has 0 atom stereocenters. The minimum absolute atomic E-state index is 0.607. The van der Waals surface area contributed by atoms with Crippen LogP contribution in [0, 0.1) is 11.8 Å². The number of nitrogens with zero attached hydrogens (tertiary/aromatic N) is 3. The molecule has 1 aliphatic carbocycles. The van der Waals surface area contributed by atoms with Crippen LogP contribution in [0.15, 0.2) is 82.4 Å². The van der Waals surface area contributed by atoms with Gasteiger partial charge < -0.3 is 9.80 Å². The first-order valence-corrected chi connectivity index (χ1v) is 14.4. The van der Waals surface area contributed by atoms with E-state index in [0.717, 1.165) is 19.0 Å². The lowest BCUT2D eigenvalue weighted by Crippen LogP contribution is -2.31. The van der Waals surface area contributed by atoms with Gasteiger partial charge in [0.1, 0.15) is 7.05 Å². The minimum atomic E-state index is 0.607. The molecule has 0 radical (unpaired) electrons. The predicted molar refractivity (Wildman–Crippen MR) is 155 cm³/mol. The van der Waals surface area contributed by atoms with E-state index in [1.165, 1.54) is 69.9 Å². The Kier molecular flexibility index (Phi) is 7.83. The third kappa shape index (κ3) is 5.26. The molecule has 2 aliphatic rings. The molecule has 5 rings (SSSR count). The Morgan fingerprint density at radius 3 is 2.47 bits per heavy atom. The van der Waals surface area contributed by atoms with Crippen LogP contribution in [-0.4, -0.2) is 31.6 Å². The minimum Gasteiger partial charge on any atom is -0.338 e. The van der Waals surface area contributed by atoms with E-state index in [9.17, 15) is 0 Å². The number of hydrogen-bond donors (Lipinski definition) is 0. The Balaban J connectivity index is 1.48. The smallest absolute Gasteiger partial charge is 0.212 e. The third-order valence-corrected chi connectivity index (χ3v) is 9.35. The molecule has 3 aromatic rings. The van der Waals surface area contributed by atoms with Crippen molar-refractivity contribution in [3.8, 4) is 0 Å². The molecule has 0 N–H and O–H groups in total. The Morgan fingerprint density at radius 1 is 1.00 bits per heavy atom.